The molecule has 0 radical (unpaired) electrons. The third-order valence-corrected chi connectivity index (χ3v) is 3.45. The number of carbonyl (C=O) groups is 3. The maximum absolute atomic E-state index is 11.7. The summed E-state index contributed by atoms with van der Waals surface area (Å²) in [4.78, 5) is 39.2. The van der Waals surface area contributed by atoms with Crippen molar-refractivity contribution in [2.75, 3.05) is 5.75 Å². The fraction of sp³-hybridized carbons (Fsp3) is 0.333. The highest BCUT2D eigenvalue weighted by Gasteiger charge is 2.33. The first-order valence-corrected chi connectivity index (χ1v) is 6.59. The second-order valence-electron chi connectivity index (χ2n) is 3.78. The molecule has 0 bridgehead atoms. The molecular formula is C12H12N2O3S. The maximum Gasteiger partial charge on any atom is 0.236 e. The minimum absolute atomic E-state index is 0.151. The Kier molecular flexibility index (Phi) is 4.09. The Balaban J connectivity index is 1.82. The normalized spacial score (nSPS) is 15.2. The lowest BCUT2D eigenvalue weighted by molar-refractivity contribution is -0.149. The molecular weight excluding hydrogens is 252 g/mol. The molecule has 0 saturated carbocycles. The fourth-order valence-corrected chi connectivity index (χ4v) is 2.44. The van der Waals surface area contributed by atoms with Crippen molar-refractivity contribution in [2.24, 2.45) is 0 Å². The SMILES string of the molecule is O=C(CCSc1ccccn1)N1C(=O)CCC1=O. The van der Waals surface area contributed by atoms with Gasteiger partial charge in [0, 0.05) is 31.2 Å². The van der Waals surface area contributed by atoms with Crippen LogP contribution in [0.3, 0.4) is 0 Å². The molecule has 6 heteroatoms. The molecule has 1 fully saturated rings. The van der Waals surface area contributed by atoms with Crippen LogP contribution in [-0.4, -0.2) is 33.4 Å². The van der Waals surface area contributed by atoms with Crippen LogP contribution in [0.5, 0.6) is 0 Å². The molecule has 0 spiro atoms. The molecule has 0 aromatic carbocycles. The third-order valence-electron chi connectivity index (χ3n) is 2.50. The Morgan fingerprint density at radius 2 is 2.00 bits per heavy atom. The number of likely N-dealkylation sites (tertiary alicyclic amines) is 1. The van der Waals surface area contributed by atoms with Crippen molar-refractivity contribution in [2.45, 2.75) is 24.3 Å². The molecule has 0 aliphatic carbocycles. The number of amides is 3. The molecule has 18 heavy (non-hydrogen) atoms. The van der Waals surface area contributed by atoms with E-state index in [1.54, 1.807) is 6.20 Å². The molecule has 5 nitrogen and oxygen atoms in total. The van der Waals surface area contributed by atoms with E-state index in [2.05, 4.69) is 4.98 Å². The molecule has 0 N–H and O–H groups in total. The van der Waals surface area contributed by atoms with Crippen LogP contribution in [0.1, 0.15) is 19.3 Å². The molecule has 0 atom stereocenters. The summed E-state index contributed by atoms with van der Waals surface area (Å²) in [5, 5.41) is 0.823. The Labute approximate surface area is 109 Å². The average Bonchev–Trinajstić information content (AvgIpc) is 2.70. The number of nitrogens with zero attached hydrogens (tertiary/aromatic N) is 2. The zero-order chi connectivity index (χ0) is 13.0. The van der Waals surface area contributed by atoms with Gasteiger partial charge < -0.3 is 0 Å². The number of imide groups is 3. The van der Waals surface area contributed by atoms with E-state index in [0.29, 0.717) is 5.75 Å². The number of pyridine rings is 1. The van der Waals surface area contributed by atoms with E-state index in [1.165, 1.54) is 11.8 Å². The van der Waals surface area contributed by atoms with E-state index in [9.17, 15) is 14.4 Å². The van der Waals surface area contributed by atoms with Gasteiger partial charge >= 0.3 is 0 Å². The van der Waals surface area contributed by atoms with Crippen molar-refractivity contribution in [1.82, 2.24) is 9.88 Å². The lowest BCUT2D eigenvalue weighted by Crippen LogP contribution is -2.35. The van der Waals surface area contributed by atoms with Gasteiger partial charge in [-0.1, -0.05) is 6.07 Å². The average molecular weight is 264 g/mol. The van der Waals surface area contributed by atoms with Gasteiger partial charge in [0.1, 0.15) is 0 Å². The van der Waals surface area contributed by atoms with Crippen LogP contribution in [0.15, 0.2) is 29.4 Å². The minimum atomic E-state index is -0.411. The van der Waals surface area contributed by atoms with E-state index in [-0.39, 0.29) is 31.1 Å². The van der Waals surface area contributed by atoms with Crippen LogP contribution in [0, 0.1) is 0 Å². The van der Waals surface area contributed by atoms with Crippen molar-refractivity contribution >= 4 is 29.5 Å². The Hall–Kier alpha value is -1.69. The number of hydrogen-bond donors (Lipinski definition) is 0. The van der Waals surface area contributed by atoms with Crippen LogP contribution >= 0.6 is 11.8 Å². The van der Waals surface area contributed by atoms with Gasteiger partial charge in [0.25, 0.3) is 0 Å². The maximum atomic E-state index is 11.7. The van der Waals surface area contributed by atoms with Crippen molar-refractivity contribution < 1.29 is 14.4 Å². The molecule has 2 rings (SSSR count). The highest BCUT2D eigenvalue weighted by molar-refractivity contribution is 7.99. The molecule has 1 aliphatic heterocycles. The highest BCUT2D eigenvalue weighted by Crippen LogP contribution is 2.18. The summed E-state index contributed by atoms with van der Waals surface area (Å²) >= 11 is 1.43. The van der Waals surface area contributed by atoms with E-state index >= 15 is 0 Å². The molecule has 2 heterocycles. The Bertz CT molecular complexity index is 459. The number of rotatable bonds is 4. The fourth-order valence-electron chi connectivity index (χ4n) is 1.64. The van der Waals surface area contributed by atoms with Crippen molar-refractivity contribution in [1.29, 1.82) is 0 Å². The zero-order valence-electron chi connectivity index (χ0n) is 9.67. The molecule has 3 amide bonds. The topological polar surface area (TPSA) is 67.3 Å². The lowest BCUT2D eigenvalue weighted by atomic mass is 10.4. The smallest absolute Gasteiger partial charge is 0.236 e. The number of carbonyl (C=O) groups excluding carboxylic acids is 3. The summed E-state index contributed by atoms with van der Waals surface area (Å²) < 4.78 is 0. The summed E-state index contributed by atoms with van der Waals surface area (Å²) in [7, 11) is 0. The van der Waals surface area contributed by atoms with Gasteiger partial charge in [-0.2, -0.15) is 0 Å². The van der Waals surface area contributed by atoms with Crippen molar-refractivity contribution in [3.05, 3.63) is 24.4 Å². The molecule has 1 saturated heterocycles. The van der Waals surface area contributed by atoms with E-state index in [4.69, 9.17) is 0 Å². The minimum Gasteiger partial charge on any atom is -0.274 e. The standard InChI is InChI=1S/C12H12N2O3S/c15-10-4-5-11(16)14(10)12(17)6-8-18-9-3-1-2-7-13-9/h1-3,7H,4-6,8H2. The molecule has 1 aliphatic rings. The van der Waals surface area contributed by atoms with E-state index < -0.39 is 5.91 Å². The first-order valence-electron chi connectivity index (χ1n) is 5.61. The van der Waals surface area contributed by atoms with Crippen LogP contribution in [0.2, 0.25) is 0 Å². The summed E-state index contributed by atoms with van der Waals surface area (Å²) in [6.45, 7) is 0. The van der Waals surface area contributed by atoms with Gasteiger partial charge in [-0.25, -0.2) is 9.88 Å². The number of hydrogen-bond acceptors (Lipinski definition) is 5. The first kappa shape index (κ1) is 12.8. The molecule has 1 aromatic heterocycles. The quantitative estimate of drug-likeness (QED) is 0.604. The predicted molar refractivity (Wildman–Crippen MR) is 65.7 cm³/mol. The van der Waals surface area contributed by atoms with Crippen LogP contribution in [-0.2, 0) is 14.4 Å². The van der Waals surface area contributed by atoms with Gasteiger partial charge in [0.05, 0.1) is 5.03 Å². The zero-order valence-corrected chi connectivity index (χ0v) is 10.5. The lowest BCUT2D eigenvalue weighted by Gasteiger charge is -2.10. The highest BCUT2D eigenvalue weighted by atomic mass is 32.2. The van der Waals surface area contributed by atoms with Crippen LogP contribution in [0.25, 0.3) is 0 Å². The Morgan fingerprint density at radius 3 is 2.61 bits per heavy atom. The summed E-state index contributed by atoms with van der Waals surface area (Å²) in [5.74, 6) is -0.668. The number of aromatic nitrogens is 1. The molecule has 0 unspecified atom stereocenters. The second kappa shape index (κ2) is 5.77. The third kappa shape index (κ3) is 2.95. The van der Waals surface area contributed by atoms with Gasteiger partial charge in [0.2, 0.25) is 17.7 Å². The molecule has 94 valence electrons. The van der Waals surface area contributed by atoms with Gasteiger partial charge in [-0.05, 0) is 12.1 Å². The van der Waals surface area contributed by atoms with Crippen molar-refractivity contribution in [3.63, 3.8) is 0 Å². The summed E-state index contributed by atoms with van der Waals surface area (Å²) in [5.41, 5.74) is 0. The predicted octanol–water partition coefficient (Wildman–Crippen LogP) is 1.24. The van der Waals surface area contributed by atoms with E-state index in [0.717, 1.165) is 9.93 Å². The van der Waals surface area contributed by atoms with Crippen LogP contribution in [0.4, 0.5) is 0 Å². The second-order valence-corrected chi connectivity index (χ2v) is 4.90. The van der Waals surface area contributed by atoms with Crippen molar-refractivity contribution in [3.8, 4) is 0 Å². The summed E-state index contributed by atoms with van der Waals surface area (Å²) in [6, 6.07) is 5.53. The summed E-state index contributed by atoms with van der Waals surface area (Å²) in [6.07, 6.45) is 2.15. The Morgan fingerprint density at radius 1 is 1.28 bits per heavy atom. The van der Waals surface area contributed by atoms with Gasteiger partial charge in [0.15, 0.2) is 0 Å². The number of thioether (sulfide) groups is 1. The van der Waals surface area contributed by atoms with Gasteiger partial charge in [-0.15, -0.1) is 11.8 Å². The van der Waals surface area contributed by atoms with Crippen LogP contribution < -0.4 is 0 Å². The largest absolute Gasteiger partial charge is 0.274 e. The molecule has 1 aromatic rings. The first-order chi connectivity index (χ1) is 8.68. The van der Waals surface area contributed by atoms with E-state index in [1.807, 2.05) is 18.2 Å². The van der Waals surface area contributed by atoms with Gasteiger partial charge in [-0.3, -0.25) is 14.4 Å². The monoisotopic (exact) mass is 264 g/mol.